The predicted octanol–water partition coefficient (Wildman–Crippen LogP) is 2.65. The molecule has 0 bridgehead atoms. The van der Waals surface area contributed by atoms with Gasteiger partial charge in [0.15, 0.2) is 0 Å². The summed E-state index contributed by atoms with van der Waals surface area (Å²) in [6.45, 7) is 3.52. The zero-order chi connectivity index (χ0) is 15.4. The molecule has 1 aromatic rings. The first kappa shape index (κ1) is 15.2. The van der Waals surface area contributed by atoms with Crippen molar-refractivity contribution in [1.82, 2.24) is 5.32 Å². The van der Waals surface area contributed by atoms with Gasteiger partial charge in [-0.3, -0.25) is 4.79 Å². The van der Waals surface area contributed by atoms with E-state index in [4.69, 9.17) is 4.74 Å². The molecule has 1 unspecified atom stereocenters. The third kappa shape index (κ3) is 4.70. The van der Waals surface area contributed by atoms with E-state index in [0.717, 1.165) is 18.4 Å². The van der Waals surface area contributed by atoms with E-state index in [1.54, 1.807) is 13.8 Å². The maximum atomic E-state index is 13.0. The number of rotatable bonds is 5. The second kappa shape index (κ2) is 6.52. The normalized spacial score (nSPS) is 15.0. The molecule has 1 amide bonds. The van der Waals surface area contributed by atoms with Gasteiger partial charge >= 0.3 is 5.97 Å². The largest absolute Gasteiger partial charge is 0.444 e. The number of carbonyl (C=O) groups excluding carboxylic acids is 2. The molecule has 1 aliphatic rings. The van der Waals surface area contributed by atoms with Crippen LogP contribution in [0, 0.1) is 5.82 Å². The molecule has 5 heteroatoms. The molecule has 1 aromatic carbocycles. The Bertz CT molecular complexity index is 557. The summed E-state index contributed by atoms with van der Waals surface area (Å²) in [4.78, 5) is 24.0. The van der Waals surface area contributed by atoms with Crippen LogP contribution in [0.2, 0.25) is 0 Å². The number of allylic oxidation sites excluding steroid dienone is 1. The molecule has 1 fully saturated rings. The zero-order valence-electron chi connectivity index (χ0n) is 12.1. The molecule has 112 valence electrons. The van der Waals surface area contributed by atoms with Crippen molar-refractivity contribution >= 4 is 11.9 Å². The Kier molecular flexibility index (Phi) is 4.73. The molecule has 0 aliphatic heterocycles. The van der Waals surface area contributed by atoms with E-state index in [9.17, 15) is 14.0 Å². The van der Waals surface area contributed by atoms with Gasteiger partial charge in [0, 0.05) is 17.7 Å². The van der Waals surface area contributed by atoms with Crippen LogP contribution in [0.5, 0.6) is 0 Å². The van der Waals surface area contributed by atoms with Gasteiger partial charge in [-0.25, -0.2) is 9.18 Å². The van der Waals surface area contributed by atoms with Crippen molar-refractivity contribution in [3.8, 4) is 0 Å². The number of esters is 1. The highest BCUT2D eigenvalue weighted by Gasteiger charge is 2.30. The Morgan fingerprint density at radius 2 is 1.90 bits per heavy atom. The van der Waals surface area contributed by atoms with Gasteiger partial charge < -0.3 is 10.1 Å². The lowest BCUT2D eigenvalue weighted by molar-refractivity contribution is -0.152. The molecule has 1 atom stereocenters. The number of ether oxygens (including phenoxy) is 1. The molecule has 0 heterocycles. The average molecular weight is 291 g/mol. The van der Waals surface area contributed by atoms with Crippen molar-refractivity contribution in [3.05, 3.63) is 47.3 Å². The Balaban J connectivity index is 2.16. The molecular weight excluding hydrogens is 273 g/mol. The summed E-state index contributed by atoms with van der Waals surface area (Å²) in [7, 11) is 0. The Labute approximate surface area is 123 Å². The van der Waals surface area contributed by atoms with Crippen molar-refractivity contribution < 1.29 is 18.7 Å². The highest BCUT2D eigenvalue weighted by Crippen LogP contribution is 2.23. The Morgan fingerprint density at radius 3 is 2.43 bits per heavy atom. The van der Waals surface area contributed by atoms with Crippen LogP contribution in [0.15, 0.2) is 35.9 Å². The number of hydrogen-bond acceptors (Lipinski definition) is 3. The predicted molar refractivity (Wildman–Crippen MR) is 75.8 cm³/mol. The highest BCUT2D eigenvalue weighted by atomic mass is 19.1. The maximum absolute atomic E-state index is 13.0. The quantitative estimate of drug-likeness (QED) is 0.670. The lowest BCUT2D eigenvalue weighted by Gasteiger charge is -2.17. The molecule has 0 saturated heterocycles. The molecule has 1 N–H and O–H groups in total. The molecule has 0 radical (unpaired) electrons. The fourth-order valence-corrected chi connectivity index (χ4v) is 1.80. The van der Waals surface area contributed by atoms with E-state index >= 15 is 0 Å². The summed E-state index contributed by atoms with van der Waals surface area (Å²) in [6, 6.07) is 5.52. The van der Waals surface area contributed by atoms with Crippen molar-refractivity contribution in [2.24, 2.45) is 0 Å². The minimum absolute atomic E-state index is 0.155. The van der Waals surface area contributed by atoms with Crippen molar-refractivity contribution in [3.63, 3.8) is 0 Å². The van der Waals surface area contributed by atoms with Gasteiger partial charge in [0.25, 0.3) is 5.91 Å². The van der Waals surface area contributed by atoms with Crippen molar-refractivity contribution in [1.29, 1.82) is 0 Å². The fourth-order valence-electron chi connectivity index (χ4n) is 1.80. The van der Waals surface area contributed by atoms with Gasteiger partial charge in [-0.05, 0) is 38.8 Å². The molecular formula is C16H18FNO3. The summed E-state index contributed by atoms with van der Waals surface area (Å²) in [5, 5.41) is 2.80. The van der Waals surface area contributed by atoms with Gasteiger partial charge in [-0.1, -0.05) is 17.7 Å². The van der Waals surface area contributed by atoms with Crippen LogP contribution in [-0.2, 0) is 14.3 Å². The molecule has 0 spiro atoms. The number of carbonyl (C=O) groups is 2. The van der Waals surface area contributed by atoms with Crippen molar-refractivity contribution in [2.45, 2.75) is 38.8 Å². The number of benzene rings is 1. The van der Waals surface area contributed by atoms with Crippen LogP contribution >= 0.6 is 0 Å². The van der Waals surface area contributed by atoms with E-state index in [-0.39, 0.29) is 11.9 Å². The first-order valence-electron chi connectivity index (χ1n) is 6.87. The van der Waals surface area contributed by atoms with E-state index in [1.165, 1.54) is 30.3 Å². The number of halogens is 1. The van der Waals surface area contributed by atoms with Gasteiger partial charge in [0.2, 0.25) is 6.10 Å². The average Bonchev–Trinajstić information content (AvgIpc) is 3.20. The van der Waals surface area contributed by atoms with Gasteiger partial charge in [-0.15, -0.1) is 0 Å². The Hall–Kier alpha value is -2.17. The lowest BCUT2D eigenvalue weighted by Crippen LogP contribution is -2.33. The Morgan fingerprint density at radius 1 is 1.29 bits per heavy atom. The number of nitrogens with one attached hydrogen (secondary N) is 1. The second-order valence-corrected chi connectivity index (χ2v) is 5.37. The molecule has 1 aliphatic carbocycles. The maximum Gasteiger partial charge on any atom is 0.331 e. The molecule has 2 rings (SSSR count). The highest BCUT2D eigenvalue weighted by molar-refractivity contribution is 5.88. The monoisotopic (exact) mass is 291 g/mol. The van der Waals surface area contributed by atoms with Gasteiger partial charge in [0.05, 0.1) is 0 Å². The molecule has 21 heavy (non-hydrogen) atoms. The van der Waals surface area contributed by atoms with Crippen LogP contribution in [-0.4, -0.2) is 17.9 Å². The number of hydrogen-bond donors (Lipinski definition) is 1. The standard InChI is InChI=1S/C16H18FNO3/c1-10(2)9-14(19)21-15(16(20)18-13-7-8-13)11-3-5-12(17)6-4-11/h3-6,9,13,15H,7-8H2,1-2H3,(H,18,20). The molecule has 0 aromatic heterocycles. The number of amides is 1. The third-order valence-electron chi connectivity index (χ3n) is 2.98. The van der Waals surface area contributed by atoms with Gasteiger partial charge in [0.1, 0.15) is 5.82 Å². The van der Waals surface area contributed by atoms with Gasteiger partial charge in [-0.2, -0.15) is 0 Å². The zero-order valence-corrected chi connectivity index (χ0v) is 12.1. The summed E-state index contributed by atoms with van der Waals surface area (Å²) in [6.07, 6.45) is 2.13. The SMILES string of the molecule is CC(C)=CC(=O)OC(C(=O)NC1CC1)c1ccc(F)cc1. The van der Waals surface area contributed by atoms with E-state index in [1.807, 2.05) is 0 Å². The summed E-state index contributed by atoms with van der Waals surface area (Å²) >= 11 is 0. The molecule has 4 nitrogen and oxygen atoms in total. The minimum atomic E-state index is -1.06. The van der Waals surface area contributed by atoms with E-state index in [0.29, 0.717) is 5.56 Å². The van der Waals surface area contributed by atoms with Crippen LogP contribution in [0.4, 0.5) is 4.39 Å². The van der Waals surface area contributed by atoms with E-state index in [2.05, 4.69) is 5.32 Å². The smallest absolute Gasteiger partial charge is 0.331 e. The summed E-state index contributed by atoms with van der Waals surface area (Å²) in [5.41, 5.74) is 1.23. The molecule has 1 saturated carbocycles. The van der Waals surface area contributed by atoms with E-state index < -0.39 is 17.9 Å². The fraction of sp³-hybridized carbons (Fsp3) is 0.375. The third-order valence-corrected chi connectivity index (χ3v) is 2.98. The van der Waals surface area contributed by atoms with Crippen LogP contribution in [0.3, 0.4) is 0 Å². The van der Waals surface area contributed by atoms with Crippen molar-refractivity contribution in [2.75, 3.05) is 0 Å². The minimum Gasteiger partial charge on any atom is -0.444 e. The topological polar surface area (TPSA) is 55.4 Å². The first-order chi connectivity index (χ1) is 9.95. The summed E-state index contributed by atoms with van der Waals surface area (Å²) < 4.78 is 18.2. The second-order valence-electron chi connectivity index (χ2n) is 5.37. The first-order valence-corrected chi connectivity index (χ1v) is 6.87. The van der Waals surface area contributed by atoms with Crippen LogP contribution in [0.25, 0.3) is 0 Å². The van der Waals surface area contributed by atoms with Crippen LogP contribution in [0.1, 0.15) is 38.4 Å². The lowest BCUT2D eigenvalue weighted by atomic mass is 10.1. The van der Waals surface area contributed by atoms with Crippen LogP contribution < -0.4 is 5.32 Å². The summed E-state index contributed by atoms with van der Waals surface area (Å²) in [5.74, 6) is -1.37.